The summed E-state index contributed by atoms with van der Waals surface area (Å²) in [6, 6.07) is 13.7. The highest BCUT2D eigenvalue weighted by Gasteiger charge is 2.22. The zero-order valence-corrected chi connectivity index (χ0v) is 17.8. The van der Waals surface area contributed by atoms with E-state index >= 15 is 0 Å². The molecule has 0 fully saturated rings. The van der Waals surface area contributed by atoms with E-state index in [1.165, 1.54) is 22.5 Å². The van der Waals surface area contributed by atoms with Gasteiger partial charge in [0, 0.05) is 13.1 Å². The first-order valence-corrected chi connectivity index (χ1v) is 10.9. The number of amides is 1. The van der Waals surface area contributed by atoms with E-state index in [4.69, 9.17) is 16.3 Å². The van der Waals surface area contributed by atoms with Crippen LogP contribution in [0.5, 0.6) is 5.75 Å². The first-order valence-electron chi connectivity index (χ1n) is 9.06. The minimum Gasteiger partial charge on any atom is -0.482 e. The number of benzene rings is 2. The standard InChI is InChI=1S/C20H25ClN2O4S/c1-4-23(5-2)28(25,26)17-11-12-19(18(21)13-17)27-14-20(24)22-15(3)16-9-7-6-8-10-16/h6-13,15H,4-5,14H2,1-3H3,(H,22,24)/t15-/m0/s1. The molecule has 1 N–H and O–H groups in total. The van der Waals surface area contributed by atoms with Crippen LogP contribution in [0.1, 0.15) is 32.4 Å². The number of nitrogens with one attached hydrogen (secondary N) is 1. The van der Waals surface area contributed by atoms with Gasteiger partial charge < -0.3 is 10.1 Å². The molecule has 0 aliphatic carbocycles. The molecule has 8 heteroatoms. The monoisotopic (exact) mass is 424 g/mol. The van der Waals surface area contributed by atoms with Crippen molar-refractivity contribution in [2.24, 2.45) is 0 Å². The maximum atomic E-state index is 12.5. The van der Waals surface area contributed by atoms with E-state index in [-0.39, 0.29) is 34.2 Å². The maximum Gasteiger partial charge on any atom is 0.258 e. The molecule has 0 unspecified atom stereocenters. The third-order valence-corrected chi connectivity index (χ3v) is 6.62. The molecule has 0 aliphatic heterocycles. The van der Waals surface area contributed by atoms with Crippen LogP contribution in [0.25, 0.3) is 0 Å². The molecule has 2 aromatic rings. The number of ether oxygens (including phenoxy) is 1. The average molecular weight is 425 g/mol. The summed E-state index contributed by atoms with van der Waals surface area (Å²) in [4.78, 5) is 12.2. The number of carbonyl (C=O) groups is 1. The Morgan fingerprint density at radius 3 is 2.36 bits per heavy atom. The molecule has 0 aliphatic rings. The van der Waals surface area contributed by atoms with Crippen molar-refractivity contribution in [3.8, 4) is 5.75 Å². The van der Waals surface area contributed by atoms with Crippen molar-refractivity contribution in [3.63, 3.8) is 0 Å². The lowest BCUT2D eigenvalue weighted by Gasteiger charge is -2.19. The molecule has 0 saturated heterocycles. The first-order chi connectivity index (χ1) is 13.3. The first kappa shape index (κ1) is 22.2. The van der Waals surface area contributed by atoms with Crippen LogP contribution in [-0.2, 0) is 14.8 Å². The van der Waals surface area contributed by atoms with Gasteiger partial charge >= 0.3 is 0 Å². The Hall–Kier alpha value is -2.09. The van der Waals surface area contributed by atoms with Crippen LogP contribution < -0.4 is 10.1 Å². The van der Waals surface area contributed by atoms with Gasteiger partial charge in [0.2, 0.25) is 10.0 Å². The minimum atomic E-state index is -3.60. The Balaban J connectivity index is 2.01. The zero-order chi connectivity index (χ0) is 20.7. The Morgan fingerprint density at radius 2 is 1.79 bits per heavy atom. The van der Waals surface area contributed by atoms with E-state index < -0.39 is 10.0 Å². The summed E-state index contributed by atoms with van der Waals surface area (Å²) in [6.45, 7) is 5.94. The van der Waals surface area contributed by atoms with E-state index in [0.29, 0.717) is 13.1 Å². The van der Waals surface area contributed by atoms with Crippen molar-refractivity contribution in [1.29, 1.82) is 0 Å². The molecule has 1 atom stereocenters. The lowest BCUT2D eigenvalue weighted by molar-refractivity contribution is -0.123. The van der Waals surface area contributed by atoms with Gasteiger partial charge in [-0.05, 0) is 30.7 Å². The molecular weight excluding hydrogens is 400 g/mol. The van der Waals surface area contributed by atoms with E-state index in [1.54, 1.807) is 13.8 Å². The van der Waals surface area contributed by atoms with E-state index in [1.807, 2.05) is 37.3 Å². The maximum absolute atomic E-state index is 12.5. The van der Waals surface area contributed by atoms with Gasteiger partial charge in [-0.25, -0.2) is 8.42 Å². The number of sulfonamides is 1. The summed E-state index contributed by atoms with van der Waals surface area (Å²) in [5, 5.41) is 2.98. The third kappa shape index (κ3) is 5.47. The van der Waals surface area contributed by atoms with Gasteiger partial charge in [0.05, 0.1) is 16.0 Å². The van der Waals surface area contributed by atoms with Crippen molar-refractivity contribution < 1.29 is 17.9 Å². The Labute approximate surface area is 171 Å². The second-order valence-corrected chi connectivity index (χ2v) is 8.52. The van der Waals surface area contributed by atoms with Gasteiger partial charge in [0.15, 0.2) is 6.61 Å². The summed E-state index contributed by atoms with van der Waals surface area (Å²) in [5.74, 6) is -0.0464. The van der Waals surface area contributed by atoms with Crippen LogP contribution in [0.2, 0.25) is 5.02 Å². The topological polar surface area (TPSA) is 75.7 Å². The quantitative estimate of drug-likeness (QED) is 0.667. The second kappa shape index (κ2) is 9.91. The fourth-order valence-corrected chi connectivity index (χ4v) is 4.51. The Morgan fingerprint density at radius 1 is 1.14 bits per heavy atom. The van der Waals surface area contributed by atoms with Gasteiger partial charge in [-0.2, -0.15) is 4.31 Å². The molecule has 0 bridgehead atoms. The van der Waals surface area contributed by atoms with Crippen molar-refractivity contribution in [2.75, 3.05) is 19.7 Å². The molecule has 6 nitrogen and oxygen atoms in total. The summed E-state index contributed by atoms with van der Waals surface area (Å²) < 4.78 is 31.9. The van der Waals surface area contributed by atoms with Crippen molar-refractivity contribution in [2.45, 2.75) is 31.7 Å². The van der Waals surface area contributed by atoms with Gasteiger partial charge in [0.1, 0.15) is 5.75 Å². The number of hydrogen-bond donors (Lipinski definition) is 1. The molecule has 0 spiro atoms. The zero-order valence-electron chi connectivity index (χ0n) is 16.2. The highest BCUT2D eigenvalue weighted by Crippen LogP contribution is 2.28. The minimum absolute atomic E-state index is 0.0932. The summed E-state index contributed by atoms with van der Waals surface area (Å²) in [6.07, 6.45) is 0. The molecule has 0 aromatic heterocycles. The van der Waals surface area contributed by atoms with E-state index in [2.05, 4.69) is 5.32 Å². The molecule has 2 aromatic carbocycles. The van der Waals surface area contributed by atoms with Crippen LogP contribution in [0, 0.1) is 0 Å². The Bertz CT molecular complexity index is 900. The highest BCUT2D eigenvalue weighted by molar-refractivity contribution is 7.89. The molecule has 2 rings (SSSR count). The SMILES string of the molecule is CCN(CC)S(=O)(=O)c1ccc(OCC(=O)N[C@@H](C)c2ccccc2)c(Cl)c1. The van der Waals surface area contributed by atoms with Gasteiger partial charge in [-0.15, -0.1) is 0 Å². The number of rotatable bonds is 9. The van der Waals surface area contributed by atoms with Crippen LogP contribution in [0.3, 0.4) is 0 Å². The third-order valence-electron chi connectivity index (χ3n) is 4.28. The summed E-state index contributed by atoms with van der Waals surface area (Å²) >= 11 is 6.17. The number of nitrogens with zero attached hydrogens (tertiary/aromatic N) is 1. The largest absolute Gasteiger partial charge is 0.482 e. The van der Waals surface area contributed by atoms with E-state index in [9.17, 15) is 13.2 Å². The number of carbonyl (C=O) groups excluding carboxylic acids is 1. The van der Waals surface area contributed by atoms with Crippen molar-refractivity contribution in [1.82, 2.24) is 9.62 Å². The smallest absolute Gasteiger partial charge is 0.258 e. The predicted octanol–water partition coefficient (Wildman–Crippen LogP) is 3.63. The van der Waals surface area contributed by atoms with Gasteiger partial charge in [-0.3, -0.25) is 4.79 Å². The second-order valence-electron chi connectivity index (χ2n) is 6.17. The van der Waals surface area contributed by atoms with Crippen LogP contribution in [0.15, 0.2) is 53.4 Å². The van der Waals surface area contributed by atoms with Crippen LogP contribution in [-0.4, -0.2) is 38.3 Å². The molecule has 152 valence electrons. The van der Waals surface area contributed by atoms with Crippen LogP contribution >= 0.6 is 11.6 Å². The van der Waals surface area contributed by atoms with E-state index in [0.717, 1.165) is 5.56 Å². The summed E-state index contributed by atoms with van der Waals surface area (Å²) in [5.41, 5.74) is 0.986. The lowest BCUT2D eigenvalue weighted by atomic mass is 10.1. The van der Waals surface area contributed by atoms with Gasteiger partial charge in [0.25, 0.3) is 5.91 Å². The Kier molecular flexibility index (Phi) is 7.86. The normalized spacial score (nSPS) is 12.6. The predicted molar refractivity (Wildman–Crippen MR) is 110 cm³/mol. The number of hydrogen-bond acceptors (Lipinski definition) is 4. The average Bonchev–Trinajstić information content (AvgIpc) is 2.68. The molecular formula is C20H25ClN2O4S. The summed E-state index contributed by atoms with van der Waals surface area (Å²) in [7, 11) is -3.60. The van der Waals surface area contributed by atoms with Crippen molar-refractivity contribution in [3.05, 3.63) is 59.1 Å². The van der Waals surface area contributed by atoms with Gasteiger partial charge in [-0.1, -0.05) is 55.8 Å². The highest BCUT2D eigenvalue weighted by atomic mass is 35.5. The molecule has 28 heavy (non-hydrogen) atoms. The fraction of sp³-hybridized carbons (Fsp3) is 0.350. The molecule has 0 radical (unpaired) electrons. The lowest BCUT2D eigenvalue weighted by Crippen LogP contribution is -2.31. The number of halogens is 1. The van der Waals surface area contributed by atoms with Crippen LogP contribution in [0.4, 0.5) is 0 Å². The fourth-order valence-electron chi connectivity index (χ4n) is 2.72. The molecule has 0 saturated carbocycles. The molecule has 1 amide bonds. The molecule has 0 heterocycles. The van der Waals surface area contributed by atoms with Crippen molar-refractivity contribution >= 4 is 27.5 Å².